The Balaban J connectivity index is 1.13. The molecule has 0 aromatic heterocycles. The molecule has 0 aliphatic heterocycles. The number of sulfone groups is 1. The number of phenols is 1. The molecule has 0 saturated carbocycles. The average molecular weight is 807 g/mol. The maximum atomic E-state index is 13.4. The van der Waals surface area contributed by atoms with Gasteiger partial charge >= 0.3 is 0 Å². The molecule has 6 aromatic carbocycles. The van der Waals surface area contributed by atoms with Gasteiger partial charge in [-0.25, -0.2) is 29.5 Å². The Bertz CT molecular complexity index is 2690. The zero-order chi connectivity index (χ0) is 38.1. The molecule has 0 heterocycles. The third kappa shape index (κ3) is 8.32. The van der Waals surface area contributed by atoms with Gasteiger partial charge in [-0.3, -0.25) is 9.44 Å². The number of benzene rings is 6. The van der Waals surface area contributed by atoms with Crippen molar-refractivity contribution in [3.05, 3.63) is 150 Å². The molecule has 53 heavy (non-hydrogen) atoms. The summed E-state index contributed by atoms with van der Waals surface area (Å²) >= 11 is 6.39. The first-order chi connectivity index (χ1) is 25.0. The van der Waals surface area contributed by atoms with Crippen LogP contribution in [0.3, 0.4) is 0 Å². The summed E-state index contributed by atoms with van der Waals surface area (Å²) in [6, 6.07) is 33.1. The number of phenolic OH excluding ortho intramolecular Hbond substituents is 1. The fourth-order valence-corrected chi connectivity index (χ4v) is 10.0. The van der Waals surface area contributed by atoms with Gasteiger partial charge in [-0.1, -0.05) is 71.3 Å². The van der Waals surface area contributed by atoms with Gasteiger partial charge in [-0.05, 0) is 104 Å². The number of rotatable bonds is 11. The molecule has 272 valence electrons. The van der Waals surface area contributed by atoms with Crippen LogP contribution in [0.2, 0.25) is 5.02 Å². The van der Waals surface area contributed by atoms with Crippen molar-refractivity contribution in [2.24, 2.45) is 0 Å². The van der Waals surface area contributed by atoms with E-state index in [4.69, 9.17) is 11.6 Å². The summed E-state index contributed by atoms with van der Waals surface area (Å²) < 4.78 is 96.1. The normalized spacial score (nSPS) is 12.6. The molecule has 0 spiro atoms. The van der Waals surface area contributed by atoms with E-state index >= 15 is 0 Å². The van der Waals surface area contributed by atoms with E-state index in [0.29, 0.717) is 15.4 Å². The lowest BCUT2D eigenvalue weighted by molar-refractivity contribution is 0.475. The van der Waals surface area contributed by atoms with Gasteiger partial charge in [-0.2, -0.15) is 0 Å². The number of nitrogens with one attached hydrogen (secondary N) is 2. The molecule has 6 rings (SSSR count). The molecule has 6 aromatic rings. The Morgan fingerprint density at radius 2 is 0.925 bits per heavy atom. The van der Waals surface area contributed by atoms with Crippen LogP contribution in [0.15, 0.2) is 163 Å². The molecular weight excluding hydrogens is 776 g/mol. The zero-order valence-electron chi connectivity index (χ0n) is 28.0. The monoisotopic (exact) mass is 806 g/mol. The lowest BCUT2D eigenvalue weighted by Gasteiger charge is -2.12. The first-order valence-corrected chi connectivity index (χ1v) is 21.7. The average Bonchev–Trinajstić information content (AvgIpc) is 3.13. The SMILES string of the molecule is Cc1ccc(S(=O)(=O)Nc2ccc(S(=O)(=O)c3ccc(-c4ccc(S(=O)c5ccc(NS(=O)(=O)c6ccc(C)cc6)c(Cl)c5)cc4)cc3)cc2O)cc1. The van der Waals surface area contributed by atoms with E-state index in [2.05, 4.69) is 9.44 Å². The minimum atomic E-state index is -4.09. The highest BCUT2D eigenvalue weighted by Crippen LogP contribution is 2.33. The summed E-state index contributed by atoms with van der Waals surface area (Å²) in [5.74, 6) is -0.559. The molecule has 0 aliphatic carbocycles. The van der Waals surface area contributed by atoms with Gasteiger partial charge < -0.3 is 5.11 Å². The van der Waals surface area contributed by atoms with E-state index < -0.39 is 46.4 Å². The van der Waals surface area contributed by atoms with Crippen molar-refractivity contribution >= 4 is 63.7 Å². The lowest BCUT2D eigenvalue weighted by Crippen LogP contribution is -2.13. The van der Waals surface area contributed by atoms with E-state index in [-0.39, 0.29) is 36.0 Å². The fourth-order valence-electron chi connectivity index (χ4n) is 5.17. The second-order valence-corrected chi connectivity index (χ2v) is 19.2. The van der Waals surface area contributed by atoms with Gasteiger partial charge in [0.2, 0.25) is 9.84 Å². The van der Waals surface area contributed by atoms with Gasteiger partial charge in [-0.15, -0.1) is 0 Å². The molecule has 0 aliphatic rings. The minimum absolute atomic E-state index is 0.0129. The third-order valence-corrected chi connectivity index (χ3v) is 14.4. The van der Waals surface area contributed by atoms with Crippen molar-refractivity contribution in [3.8, 4) is 16.9 Å². The number of halogens is 1. The topological polar surface area (TPSA) is 164 Å². The van der Waals surface area contributed by atoms with E-state index in [9.17, 15) is 34.6 Å². The van der Waals surface area contributed by atoms with E-state index in [1.807, 2.05) is 13.8 Å². The predicted molar refractivity (Wildman–Crippen MR) is 206 cm³/mol. The van der Waals surface area contributed by atoms with Crippen LogP contribution in [0.5, 0.6) is 5.75 Å². The van der Waals surface area contributed by atoms with E-state index in [0.717, 1.165) is 22.8 Å². The number of hydrogen-bond acceptors (Lipinski definition) is 8. The first-order valence-electron chi connectivity index (χ1n) is 15.7. The van der Waals surface area contributed by atoms with Crippen LogP contribution in [-0.2, 0) is 40.7 Å². The van der Waals surface area contributed by atoms with Gasteiger partial charge in [0.25, 0.3) is 20.0 Å². The minimum Gasteiger partial charge on any atom is -0.506 e. The Labute approximate surface area is 315 Å². The zero-order valence-corrected chi connectivity index (χ0v) is 32.0. The molecule has 1 atom stereocenters. The maximum Gasteiger partial charge on any atom is 0.262 e. The quantitative estimate of drug-likeness (QED) is 0.111. The molecule has 0 bridgehead atoms. The number of aryl methyl sites for hydroxylation is 2. The van der Waals surface area contributed by atoms with Crippen LogP contribution in [0.4, 0.5) is 11.4 Å². The van der Waals surface area contributed by atoms with Crippen molar-refractivity contribution in [2.45, 2.75) is 43.2 Å². The highest BCUT2D eigenvalue weighted by Gasteiger charge is 2.22. The van der Waals surface area contributed by atoms with Crippen molar-refractivity contribution in [2.75, 3.05) is 9.44 Å². The maximum absolute atomic E-state index is 13.4. The number of anilines is 2. The largest absolute Gasteiger partial charge is 0.506 e. The Morgan fingerprint density at radius 3 is 1.42 bits per heavy atom. The Morgan fingerprint density at radius 1 is 0.509 bits per heavy atom. The molecule has 0 fully saturated rings. The molecule has 0 amide bonds. The van der Waals surface area contributed by atoms with Crippen LogP contribution >= 0.6 is 11.6 Å². The van der Waals surface area contributed by atoms with Gasteiger partial charge in [0, 0.05) is 15.9 Å². The van der Waals surface area contributed by atoms with Crippen molar-refractivity contribution in [1.29, 1.82) is 0 Å². The van der Waals surface area contributed by atoms with Gasteiger partial charge in [0.1, 0.15) is 5.75 Å². The van der Waals surface area contributed by atoms with Crippen LogP contribution in [0, 0.1) is 13.8 Å². The summed E-state index contributed by atoms with van der Waals surface area (Å²) in [7, 11) is -13.6. The summed E-state index contributed by atoms with van der Waals surface area (Å²) in [5, 5.41) is 10.6. The van der Waals surface area contributed by atoms with Gasteiger partial charge in [0.15, 0.2) is 0 Å². The Kier molecular flexibility index (Phi) is 10.5. The van der Waals surface area contributed by atoms with E-state index in [1.54, 1.807) is 60.7 Å². The number of aromatic hydroxyl groups is 1. The smallest absolute Gasteiger partial charge is 0.262 e. The van der Waals surface area contributed by atoms with Crippen LogP contribution in [0.25, 0.3) is 11.1 Å². The predicted octanol–water partition coefficient (Wildman–Crippen LogP) is 7.93. The van der Waals surface area contributed by atoms with Crippen LogP contribution < -0.4 is 9.44 Å². The standard InChI is InChI=1S/C38H31ClN2O8S4/c1-25-3-14-32(15-4-25)52(46,47)40-36-21-13-30(23-35(36)39)50(43)29-11-7-27(8-12-29)28-9-18-31(19-10-28)51(44,45)34-20-22-37(38(42)24-34)41-53(48,49)33-16-5-26(2)6-17-33/h3-24,40-42H,1-2H3. The molecule has 0 radical (unpaired) electrons. The van der Waals surface area contributed by atoms with Gasteiger partial charge in [0.05, 0.1) is 46.8 Å². The molecule has 3 N–H and O–H groups in total. The third-order valence-electron chi connectivity index (χ3n) is 8.15. The summed E-state index contributed by atoms with van der Waals surface area (Å²) in [4.78, 5) is 0.607. The molecule has 10 nitrogen and oxygen atoms in total. The second kappa shape index (κ2) is 14.8. The summed E-state index contributed by atoms with van der Waals surface area (Å²) in [5.41, 5.74) is 3.15. The van der Waals surface area contributed by atoms with Crippen LogP contribution in [-0.4, -0.2) is 34.6 Å². The molecule has 15 heteroatoms. The van der Waals surface area contributed by atoms with E-state index in [1.165, 1.54) is 66.7 Å². The number of hydrogen-bond donors (Lipinski definition) is 3. The van der Waals surface area contributed by atoms with Crippen molar-refractivity contribution < 1.29 is 34.6 Å². The lowest BCUT2D eigenvalue weighted by atomic mass is 10.1. The summed E-state index contributed by atoms with van der Waals surface area (Å²) in [6.07, 6.45) is 0. The number of sulfonamides is 2. The van der Waals surface area contributed by atoms with Crippen molar-refractivity contribution in [1.82, 2.24) is 0 Å². The molecule has 0 saturated heterocycles. The highest BCUT2D eigenvalue weighted by atomic mass is 35.5. The second-order valence-electron chi connectivity index (χ2n) is 12.0. The van der Waals surface area contributed by atoms with Crippen molar-refractivity contribution in [3.63, 3.8) is 0 Å². The summed E-state index contributed by atoms with van der Waals surface area (Å²) in [6.45, 7) is 3.67. The molecular formula is C38H31ClN2O8S4. The van der Waals surface area contributed by atoms with Crippen LogP contribution in [0.1, 0.15) is 11.1 Å². The fraction of sp³-hybridized carbons (Fsp3) is 0.0526. The molecule has 1 unspecified atom stereocenters. The Hall–Kier alpha value is -4.99. The first kappa shape index (κ1) is 37.8. The highest BCUT2D eigenvalue weighted by molar-refractivity contribution is 7.93.